The molecule has 0 spiro atoms. The van der Waals surface area contributed by atoms with Crippen LogP contribution < -0.4 is 10.2 Å². The molecular weight excluding hydrogens is 408 g/mol. The third kappa shape index (κ3) is 5.71. The van der Waals surface area contributed by atoms with Gasteiger partial charge in [-0.3, -0.25) is 9.69 Å². The summed E-state index contributed by atoms with van der Waals surface area (Å²) in [7, 11) is 0. The summed E-state index contributed by atoms with van der Waals surface area (Å²) in [4.78, 5) is 28.9. The van der Waals surface area contributed by atoms with E-state index in [1.54, 1.807) is 4.90 Å². The third-order valence-corrected chi connectivity index (χ3v) is 5.78. The molecule has 7 heteroatoms. The highest BCUT2D eigenvalue weighted by Crippen LogP contribution is 2.24. The molecule has 2 aliphatic rings. The second-order valence-electron chi connectivity index (χ2n) is 9.73. The number of hydrogen-bond acceptors (Lipinski definition) is 6. The number of likely N-dealkylation sites (tertiary alicyclic amines) is 1. The van der Waals surface area contributed by atoms with Gasteiger partial charge >= 0.3 is 6.09 Å². The summed E-state index contributed by atoms with van der Waals surface area (Å²) < 4.78 is 17.0. The molecule has 0 bridgehead atoms. The second-order valence-corrected chi connectivity index (χ2v) is 9.73. The van der Waals surface area contributed by atoms with Crippen LogP contribution in [-0.4, -0.2) is 41.2 Å². The van der Waals surface area contributed by atoms with Crippen molar-refractivity contribution in [2.45, 2.75) is 58.8 Å². The largest absolute Gasteiger partial charge is 0.486 e. The minimum atomic E-state index is -0.515. The van der Waals surface area contributed by atoms with E-state index < -0.39 is 5.60 Å². The molecule has 1 amide bonds. The van der Waals surface area contributed by atoms with E-state index in [4.69, 9.17) is 13.9 Å². The Morgan fingerprint density at radius 1 is 1.19 bits per heavy atom. The first-order chi connectivity index (χ1) is 15.3. The van der Waals surface area contributed by atoms with Gasteiger partial charge in [0.15, 0.2) is 0 Å². The van der Waals surface area contributed by atoms with Crippen LogP contribution in [0.5, 0.6) is 5.75 Å². The number of carbonyl (C=O) groups excluding carboxylic acids is 1. The van der Waals surface area contributed by atoms with E-state index in [1.807, 2.05) is 32.9 Å². The van der Waals surface area contributed by atoms with Crippen LogP contribution in [0, 0.1) is 5.92 Å². The Kier molecular flexibility index (Phi) is 6.55. The lowest BCUT2D eigenvalue weighted by Gasteiger charge is -2.33. The molecule has 172 valence electrons. The molecule has 0 aliphatic carbocycles. The maximum Gasteiger partial charge on any atom is 0.410 e. The van der Waals surface area contributed by atoms with Crippen LogP contribution >= 0.6 is 0 Å². The Hall–Kier alpha value is -2.80. The van der Waals surface area contributed by atoms with Crippen molar-refractivity contribution in [1.82, 2.24) is 9.80 Å². The van der Waals surface area contributed by atoms with Gasteiger partial charge in [0.25, 0.3) is 0 Å². The van der Waals surface area contributed by atoms with Crippen molar-refractivity contribution in [3.8, 4) is 5.75 Å². The lowest BCUT2D eigenvalue weighted by atomic mass is 9.99. The first-order valence-electron chi connectivity index (χ1n) is 11.3. The fourth-order valence-electron chi connectivity index (χ4n) is 4.26. The molecule has 7 nitrogen and oxygen atoms in total. The van der Waals surface area contributed by atoms with Crippen molar-refractivity contribution in [2.75, 3.05) is 19.7 Å². The second kappa shape index (κ2) is 9.36. The van der Waals surface area contributed by atoms with Crippen LogP contribution in [0.1, 0.15) is 50.5 Å². The molecule has 1 unspecified atom stereocenters. The van der Waals surface area contributed by atoms with Crippen LogP contribution in [-0.2, 0) is 24.4 Å². The summed E-state index contributed by atoms with van der Waals surface area (Å²) in [5.74, 6) is 0.996. The number of nitrogens with zero attached hydrogens (tertiary/aromatic N) is 2. The minimum absolute atomic E-state index is 0.151. The maximum absolute atomic E-state index is 12.5. The van der Waals surface area contributed by atoms with Crippen LogP contribution in [0.3, 0.4) is 0 Å². The molecular formula is C25H32N2O5. The van der Waals surface area contributed by atoms with E-state index in [2.05, 4.69) is 17.0 Å². The average molecular weight is 441 g/mol. The molecule has 4 rings (SSSR count). The number of piperidine rings is 1. The third-order valence-electron chi connectivity index (χ3n) is 5.78. The zero-order valence-electron chi connectivity index (χ0n) is 19.1. The van der Waals surface area contributed by atoms with Crippen molar-refractivity contribution < 1.29 is 18.7 Å². The highest BCUT2D eigenvalue weighted by Gasteiger charge is 2.28. The Labute approximate surface area is 188 Å². The summed E-state index contributed by atoms with van der Waals surface area (Å²) >= 11 is 0. The quantitative estimate of drug-likeness (QED) is 0.695. The van der Waals surface area contributed by atoms with Crippen molar-refractivity contribution in [3.63, 3.8) is 0 Å². The van der Waals surface area contributed by atoms with Gasteiger partial charge < -0.3 is 18.8 Å². The summed E-state index contributed by atoms with van der Waals surface area (Å²) in [5.41, 5.74) is 1.95. The maximum atomic E-state index is 12.5. The van der Waals surface area contributed by atoms with E-state index in [0.29, 0.717) is 32.0 Å². The Morgan fingerprint density at radius 2 is 1.91 bits per heavy atom. The van der Waals surface area contributed by atoms with Crippen molar-refractivity contribution in [3.05, 3.63) is 63.7 Å². The van der Waals surface area contributed by atoms with Crippen LogP contribution in [0.15, 0.2) is 45.8 Å². The summed E-state index contributed by atoms with van der Waals surface area (Å²) in [6.07, 6.45) is 2.95. The molecule has 2 aliphatic heterocycles. The number of fused-ring (bicyclic) bond motifs is 1. The van der Waals surface area contributed by atoms with E-state index in [1.165, 1.54) is 23.5 Å². The number of benzene rings is 1. The Balaban J connectivity index is 1.29. The van der Waals surface area contributed by atoms with E-state index >= 15 is 0 Å². The fourth-order valence-corrected chi connectivity index (χ4v) is 4.26. The number of carbonyl (C=O) groups is 1. The monoisotopic (exact) mass is 440 g/mol. The molecule has 0 N–H and O–H groups in total. The minimum Gasteiger partial charge on any atom is -0.486 e. The van der Waals surface area contributed by atoms with Crippen molar-refractivity contribution in [2.24, 2.45) is 5.92 Å². The molecule has 32 heavy (non-hydrogen) atoms. The van der Waals surface area contributed by atoms with E-state index in [-0.39, 0.29) is 23.2 Å². The van der Waals surface area contributed by atoms with Gasteiger partial charge in [0.05, 0.1) is 13.2 Å². The highest BCUT2D eigenvalue weighted by molar-refractivity contribution is 5.68. The molecule has 1 atom stereocenters. The van der Waals surface area contributed by atoms with E-state index in [0.717, 1.165) is 25.9 Å². The van der Waals surface area contributed by atoms with Crippen molar-refractivity contribution in [1.29, 1.82) is 0 Å². The number of hydrogen-bond donors (Lipinski definition) is 0. The van der Waals surface area contributed by atoms with Crippen LogP contribution in [0.2, 0.25) is 0 Å². The fraction of sp³-hybridized carbons (Fsp3) is 0.520. The molecule has 1 fully saturated rings. The molecule has 1 aromatic carbocycles. The summed E-state index contributed by atoms with van der Waals surface area (Å²) in [6.45, 7) is 9.49. The Morgan fingerprint density at radius 3 is 2.56 bits per heavy atom. The van der Waals surface area contributed by atoms with Gasteiger partial charge in [0.1, 0.15) is 17.6 Å². The van der Waals surface area contributed by atoms with Gasteiger partial charge in [-0.1, -0.05) is 24.3 Å². The predicted octanol–water partition coefficient (Wildman–Crippen LogP) is 4.18. The molecule has 0 radical (unpaired) electrons. The number of rotatable bonds is 5. The molecule has 1 saturated heterocycles. The zero-order valence-corrected chi connectivity index (χ0v) is 19.1. The lowest BCUT2D eigenvalue weighted by Crippen LogP contribution is -2.44. The van der Waals surface area contributed by atoms with Crippen molar-refractivity contribution >= 4 is 6.09 Å². The molecule has 3 heterocycles. The first-order valence-corrected chi connectivity index (χ1v) is 11.3. The lowest BCUT2D eigenvalue weighted by molar-refractivity contribution is 0.0138. The summed E-state index contributed by atoms with van der Waals surface area (Å²) in [5, 5.41) is 0. The molecule has 2 aromatic rings. The van der Waals surface area contributed by atoms with Gasteiger partial charge in [0.2, 0.25) is 11.2 Å². The zero-order chi connectivity index (χ0) is 22.7. The SMILES string of the molecule is CC(C)(C)OC(=O)N1CCCC(COc2coc(CN3Cc4ccccc4C3)cc2=O)C1. The molecule has 1 aromatic heterocycles. The number of ether oxygens (including phenoxy) is 2. The predicted molar refractivity (Wildman–Crippen MR) is 120 cm³/mol. The average Bonchev–Trinajstić information content (AvgIpc) is 3.14. The Bertz CT molecular complexity index is 985. The van der Waals surface area contributed by atoms with Gasteiger partial charge in [-0.2, -0.15) is 0 Å². The normalized spacial score (nSPS) is 19.0. The van der Waals surface area contributed by atoms with Crippen LogP contribution in [0.25, 0.3) is 0 Å². The van der Waals surface area contributed by atoms with Gasteiger partial charge in [-0.05, 0) is 44.7 Å². The molecule has 0 saturated carbocycles. The van der Waals surface area contributed by atoms with E-state index in [9.17, 15) is 9.59 Å². The first kappa shape index (κ1) is 22.4. The standard InChI is InChI=1S/C25H32N2O5/c1-25(2,3)32-24(29)27-10-6-7-18(12-27)16-31-23-17-30-21(11-22(23)28)15-26-13-19-8-4-5-9-20(19)14-26/h4-5,8-9,11,17-18H,6-7,10,12-16H2,1-3H3. The van der Waals surface area contributed by atoms with Gasteiger partial charge in [0, 0.05) is 38.2 Å². The van der Waals surface area contributed by atoms with Gasteiger partial charge in [-0.25, -0.2) is 4.79 Å². The topological polar surface area (TPSA) is 72.2 Å². The van der Waals surface area contributed by atoms with Crippen LogP contribution in [0.4, 0.5) is 4.79 Å². The number of amides is 1. The summed E-state index contributed by atoms with van der Waals surface area (Å²) in [6, 6.07) is 9.89. The van der Waals surface area contributed by atoms with Gasteiger partial charge in [-0.15, -0.1) is 0 Å². The highest BCUT2D eigenvalue weighted by atomic mass is 16.6. The smallest absolute Gasteiger partial charge is 0.410 e.